The zero-order valence-corrected chi connectivity index (χ0v) is 10.1. The number of alkyl halides is 3. The fourth-order valence-electron chi connectivity index (χ4n) is 5.31. The van der Waals surface area contributed by atoms with Crippen LogP contribution in [0, 0.1) is 22.7 Å². The molecule has 4 fully saturated rings. The Morgan fingerprint density at radius 3 is 2.17 bits per heavy atom. The molecule has 18 heavy (non-hydrogen) atoms. The van der Waals surface area contributed by atoms with Gasteiger partial charge in [0.25, 0.3) is 0 Å². The second-order valence-corrected chi connectivity index (χ2v) is 6.81. The van der Waals surface area contributed by atoms with Crippen LogP contribution in [0.15, 0.2) is 0 Å². The van der Waals surface area contributed by atoms with Crippen molar-refractivity contribution in [2.24, 2.45) is 22.7 Å². The van der Waals surface area contributed by atoms with E-state index in [2.05, 4.69) is 0 Å². The lowest BCUT2D eigenvalue weighted by Gasteiger charge is -2.62. The van der Waals surface area contributed by atoms with Crippen LogP contribution in [0.25, 0.3) is 0 Å². The van der Waals surface area contributed by atoms with E-state index in [1.807, 2.05) is 0 Å². The summed E-state index contributed by atoms with van der Waals surface area (Å²) in [5.74, 6) is -0.770. The molecule has 2 nitrogen and oxygen atoms in total. The van der Waals surface area contributed by atoms with Crippen LogP contribution in [0.3, 0.4) is 0 Å². The number of carboxylic acid groups (broad SMARTS) is 1. The summed E-state index contributed by atoms with van der Waals surface area (Å²) < 4.78 is 40.1. The monoisotopic (exact) mass is 262 g/mol. The minimum atomic E-state index is -4.17. The third-order valence-electron chi connectivity index (χ3n) is 5.31. The van der Waals surface area contributed by atoms with E-state index < -0.39 is 23.0 Å². The molecule has 0 aliphatic heterocycles. The molecule has 0 aromatic heterocycles. The summed E-state index contributed by atoms with van der Waals surface area (Å²) in [6.45, 7) is 0. The van der Waals surface area contributed by atoms with Gasteiger partial charge in [0.1, 0.15) is 0 Å². The van der Waals surface area contributed by atoms with Gasteiger partial charge in [0.15, 0.2) is 0 Å². The van der Waals surface area contributed by atoms with Gasteiger partial charge in [-0.15, -0.1) is 0 Å². The lowest BCUT2D eigenvalue weighted by molar-refractivity contribution is -0.287. The molecule has 4 saturated carbocycles. The van der Waals surface area contributed by atoms with Gasteiger partial charge in [0.2, 0.25) is 0 Å². The quantitative estimate of drug-likeness (QED) is 0.825. The standard InChI is InChI=1S/C13H17F3O2/c14-13(15,16)12-4-8-1-9(5-12)3-11(2-8,7-12)6-10(17)18/h8-9H,1-7H2,(H,17,18)/t8-,9+,11?,12?. The van der Waals surface area contributed by atoms with Crippen LogP contribution in [0.2, 0.25) is 0 Å². The van der Waals surface area contributed by atoms with Gasteiger partial charge >= 0.3 is 12.1 Å². The van der Waals surface area contributed by atoms with Crippen LogP contribution in [0.5, 0.6) is 0 Å². The van der Waals surface area contributed by atoms with Gasteiger partial charge in [-0.25, -0.2) is 0 Å². The Morgan fingerprint density at radius 1 is 1.17 bits per heavy atom. The molecule has 4 atom stereocenters. The maximum atomic E-state index is 13.4. The van der Waals surface area contributed by atoms with E-state index >= 15 is 0 Å². The summed E-state index contributed by atoms with van der Waals surface area (Å²) in [7, 11) is 0. The number of halogens is 3. The Balaban J connectivity index is 1.95. The van der Waals surface area contributed by atoms with Gasteiger partial charge in [-0.2, -0.15) is 13.2 Å². The first-order valence-electron chi connectivity index (χ1n) is 6.52. The van der Waals surface area contributed by atoms with Crippen molar-refractivity contribution in [1.29, 1.82) is 0 Å². The highest BCUT2D eigenvalue weighted by atomic mass is 19.4. The van der Waals surface area contributed by atoms with Gasteiger partial charge in [0, 0.05) is 0 Å². The topological polar surface area (TPSA) is 37.3 Å². The SMILES string of the molecule is O=C(O)CC12C[C@H]3C[C@@H](C1)CC(C(F)(F)F)(C3)C2. The third kappa shape index (κ3) is 1.66. The molecular formula is C13H17F3O2. The van der Waals surface area contributed by atoms with E-state index in [4.69, 9.17) is 5.11 Å². The summed E-state index contributed by atoms with van der Waals surface area (Å²) in [4.78, 5) is 11.0. The fraction of sp³-hybridized carbons (Fsp3) is 0.923. The predicted octanol–water partition coefficient (Wildman–Crippen LogP) is 3.61. The van der Waals surface area contributed by atoms with E-state index in [0.717, 1.165) is 6.42 Å². The number of hydrogen-bond acceptors (Lipinski definition) is 1. The first-order valence-corrected chi connectivity index (χ1v) is 6.52. The highest BCUT2D eigenvalue weighted by molar-refractivity contribution is 5.67. The minimum Gasteiger partial charge on any atom is -0.481 e. The molecule has 4 aliphatic rings. The molecule has 0 spiro atoms. The van der Waals surface area contributed by atoms with Gasteiger partial charge in [-0.3, -0.25) is 4.79 Å². The molecule has 0 saturated heterocycles. The van der Waals surface area contributed by atoms with Crippen molar-refractivity contribution >= 4 is 5.97 Å². The lowest BCUT2D eigenvalue weighted by atomic mass is 9.43. The summed E-state index contributed by atoms with van der Waals surface area (Å²) in [6.07, 6.45) is -1.50. The number of carbonyl (C=O) groups is 1. The van der Waals surface area contributed by atoms with Crippen molar-refractivity contribution in [2.45, 2.75) is 51.1 Å². The third-order valence-corrected chi connectivity index (χ3v) is 5.31. The van der Waals surface area contributed by atoms with Crippen molar-refractivity contribution in [2.75, 3.05) is 0 Å². The maximum Gasteiger partial charge on any atom is 0.394 e. The van der Waals surface area contributed by atoms with Crippen molar-refractivity contribution in [3.8, 4) is 0 Å². The Bertz CT molecular complexity index is 374. The molecule has 0 aromatic carbocycles. The average Bonchev–Trinajstić information content (AvgIpc) is 2.10. The summed E-state index contributed by atoms with van der Waals surface area (Å²) in [5, 5.41) is 8.98. The maximum absolute atomic E-state index is 13.4. The fourth-order valence-corrected chi connectivity index (χ4v) is 5.31. The van der Waals surface area contributed by atoms with Crippen molar-refractivity contribution < 1.29 is 23.1 Å². The zero-order chi connectivity index (χ0) is 13.2. The van der Waals surface area contributed by atoms with Gasteiger partial charge in [0.05, 0.1) is 11.8 Å². The number of aliphatic carboxylic acids is 1. The van der Waals surface area contributed by atoms with E-state index in [0.29, 0.717) is 12.8 Å². The number of carboxylic acids is 1. The average molecular weight is 262 g/mol. The second kappa shape index (κ2) is 3.42. The van der Waals surface area contributed by atoms with Crippen molar-refractivity contribution in [1.82, 2.24) is 0 Å². The normalized spacial score (nSPS) is 46.4. The largest absolute Gasteiger partial charge is 0.481 e. The molecule has 4 bridgehead atoms. The Kier molecular flexibility index (Phi) is 2.34. The molecule has 1 N–H and O–H groups in total. The smallest absolute Gasteiger partial charge is 0.394 e. The first kappa shape index (κ1) is 12.3. The van der Waals surface area contributed by atoms with Crippen LogP contribution >= 0.6 is 0 Å². The van der Waals surface area contributed by atoms with E-state index in [1.54, 1.807) is 0 Å². The number of rotatable bonds is 2. The van der Waals surface area contributed by atoms with Crippen LogP contribution in [0.4, 0.5) is 13.2 Å². The van der Waals surface area contributed by atoms with Crippen molar-refractivity contribution in [3.63, 3.8) is 0 Å². The predicted molar refractivity (Wildman–Crippen MR) is 57.9 cm³/mol. The molecule has 2 unspecified atom stereocenters. The Hall–Kier alpha value is -0.740. The van der Waals surface area contributed by atoms with Crippen LogP contribution in [0.1, 0.15) is 44.9 Å². The van der Waals surface area contributed by atoms with Crippen LogP contribution in [-0.4, -0.2) is 17.3 Å². The lowest BCUT2D eigenvalue weighted by Crippen LogP contribution is -2.57. The minimum absolute atomic E-state index is 0.0444. The summed E-state index contributed by atoms with van der Waals surface area (Å²) >= 11 is 0. The van der Waals surface area contributed by atoms with Crippen molar-refractivity contribution in [3.05, 3.63) is 0 Å². The van der Waals surface area contributed by atoms with Gasteiger partial charge in [-0.05, 0) is 55.8 Å². The van der Waals surface area contributed by atoms with E-state index in [-0.39, 0.29) is 37.5 Å². The molecule has 0 amide bonds. The van der Waals surface area contributed by atoms with E-state index in [9.17, 15) is 18.0 Å². The van der Waals surface area contributed by atoms with Crippen LogP contribution < -0.4 is 0 Å². The van der Waals surface area contributed by atoms with Gasteiger partial charge in [-0.1, -0.05) is 0 Å². The number of hydrogen-bond donors (Lipinski definition) is 1. The molecule has 4 aliphatic carbocycles. The molecule has 0 heterocycles. The molecular weight excluding hydrogens is 245 g/mol. The highest BCUT2D eigenvalue weighted by Crippen LogP contribution is 2.70. The Labute approximate surface area is 104 Å². The first-order chi connectivity index (χ1) is 8.24. The molecule has 0 radical (unpaired) electrons. The molecule has 0 aromatic rings. The molecule has 4 rings (SSSR count). The zero-order valence-electron chi connectivity index (χ0n) is 10.1. The Morgan fingerprint density at radius 2 is 1.72 bits per heavy atom. The highest BCUT2D eigenvalue weighted by Gasteiger charge is 2.67. The summed E-state index contributed by atoms with van der Waals surface area (Å²) in [5.41, 5.74) is -2.15. The summed E-state index contributed by atoms with van der Waals surface area (Å²) in [6, 6.07) is 0. The van der Waals surface area contributed by atoms with Gasteiger partial charge < -0.3 is 5.11 Å². The molecule has 102 valence electrons. The van der Waals surface area contributed by atoms with E-state index in [1.165, 1.54) is 0 Å². The van der Waals surface area contributed by atoms with Crippen LogP contribution in [-0.2, 0) is 4.79 Å². The second-order valence-electron chi connectivity index (χ2n) is 6.81. The molecule has 5 heteroatoms.